The largest absolute Gasteiger partial charge is 0.384 e. The van der Waals surface area contributed by atoms with Gasteiger partial charge in [-0.25, -0.2) is 4.39 Å². The molecule has 0 saturated heterocycles. The fraction of sp³-hybridized carbons (Fsp3) is 0.250. The molecule has 1 heterocycles. The highest BCUT2D eigenvalue weighted by atomic mass is 79.9. The fourth-order valence-corrected chi connectivity index (χ4v) is 2.33. The van der Waals surface area contributed by atoms with Crippen LogP contribution in [0.2, 0.25) is 0 Å². The topological polar surface area (TPSA) is 43.8 Å². The van der Waals surface area contributed by atoms with Gasteiger partial charge in [0.1, 0.15) is 12.0 Å². The van der Waals surface area contributed by atoms with E-state index in [2.05, 4.69) is 21.0 Å². The molecule has 0 aliphatic carbocycles. The SMILES string of the molecule is CC(F)c1ccc(-c2cc(N)n(C)n2)cc1Br. The highest BCUT2D eigenvalue weighted by Gasteiger charge is 2.11. The van der Waals surface area contributed by atoms with Gasteiger partial charge in [0.15, 0.2) is 0 Å². The van der Waals surface area contributed by atoms with Crippen LogP contribution in [0.5, 0.6) is 0 Å². The number of hydrogen-bond donors (Lipinski definition) is 1. The van der Waals surface area contributed by atoms with Crippen LogP contribution in [0.1, 0.15) is 18.7 Å². The first kappa shape index (κ1) is 12.1. The predicted molar refractivity (Wildman–Crippen MR) is 70.3 cm³/mol. The third kappa shape index (κ3) is 2.34. The number of aromatic nitrogens is 2. The number of rotatable bonds is 2. The Balaban J connectivity index is 2.44. The number of anilines is 1. The van der Waals surface area contributed by atoms with Gasteiger partial charge < -0.3 is 5.73 Å². The van der Waals surface area contributed by atoms with Crippen LogP contribution in [0.15, 0.2) is 28.7 Å². The Bertz CT molecular complexity index is 529. The summed E-state index contributed by atoms with van der Waals surface area (Å²) in [5.41, 5.74) is 8.05. The number of nitrogens with two attached hydrogens (primary N) is 1. The number of aryl methyl sites for hydroxylation is 1. The molecule has 0 bridgehead atoms. The van der Waals surface area contributed by atoms with Gasteiger partial charge in [-0.15, -0.1) is 0 Å². The molecule has 0 amide bonds. The molecule has 0 aliphatic rings. The van der Waals surface area contributed by atoms with Crippen LogP contribution < -0.4 is 5.73 Å². The Morgan fingerprint density at radius 3 is 2.59 bits per heavy atom. The molecule has 1 unspecified atom stereocenters. The van der Waals surface area contributed by atoms with Crippen LogP contribution in [-0.2, 0) is 7.05 Å². The van der Waals surface area contributed by atoms with Crippen LogP contribution in [0.4, 0.5) is 10.2 Å². The van der Waals surface area contributed by atoms with Crippen molar-refractivity contribution in [3.8, 4) is 11.3 Å². The van der Waals surface area contributed by atoms with Crippen LogP contribution >= 0.6 is 15.9 Å². The lowest BCUT2D eigenvalue weighted by Crippen LogP contribution is -1.96. The summed E-state index contributed by atoms with van der Waals surface area (Å²) in [7, 11) is 1.78. The minimum absolute atomic E-state index is 0.596. The standard InChI is InChI=1S/C12H13BrFN3/c1-7(14)9-4-3-8(5-10(9)13)11-6-12(15)17(2)16-11/h3-7H,15H2,1-2H3. The maximum atomic E-state index is 13.2. The first-order valence-electron chi connectivity index (χ1n) is 5.22. The lowest BCUT2D eigenvalue weighted by atomic mass is 10.1. The number of hydrogen-bond acceptors (Lipinski definition) is 2. The number of alkyl halides is 1. The van der Waals surface area contributed by atoms with E-state index in [1.165, 1.54) is 6.92 Å². The number of halogens is 2. The van der Waals surface area contributed by atoms with E-state index in [1.54, 1.807) is 23.9 Å². The molecule has 0 spiro atoms. The predicted octanol–water partition coefficient (Wildman–Crippen LogP) is 3.46. The minimum atomic E-state index is -0.993. The highest BCUT2D eigenvalue weighted by Crippen LogP contribution is 2.30. The second-order valence-electron chi connectivity index (χ2n) is 3.93. The van der Waals surface area contributed by atoms with E-state index in [-0.39, 0.29) is 0 Å². The van der Waals surface area contributed by atoms with Crippen LogP contribution in [0, 0.1) is 0 Å². The summed E-state index contributed by atoms with van der Waals surface area (Å²) in [6.07, 6.45) is -0.993. The normalized spacial score (nSPS) is 12.7. The molecule has 0 radical (unpaired) electrons. The van der Waals surface area contributed by atoms with E-state index >= 15 is 0 Å². The lowest BCUT2D eigenvalue weighted by Gasteiger charge is -2.06. The smallest absolute Gasteiger partial charge is 0.123 e. The molecule has 0 aliphatic heterocycles. The summed E-state index contributed by atoms with van der Waals surface area (Å²) >= 11 is 3.36. The number of benzene rings is 1. The zero-order chi connectivity index (χ0) is 12.6. The van der Waals surface area contributed by atoms with Crippen LogP contribution in [0.3, 0.4) is 0 Å². The molecule has 3 nitrogen and oxygen atoms in total. The molecule has 0 saturated carbocycles. The summed E-state index contributed by atoms with van der Waals surface area (Å²) in [5.74, 6) is 0.596. The summed E-state index contributed by atoms with van der Waals surface area (Å²) < 4.78 is 15.6. The molecule has 2 N–H and O–H groups in total. The monoisotopic (exact) mass is 297 g/mol. The van der Waals surface area contributed by atoms with Crippen molar-refractivity contribution < 1.29 is 4.39 Å². The molecule has 0 fully saturated rings. The van der Waals surface area contributed by atoms with Gasteiger partial charge in [0, 0.05) is 23.2 Å². The van der Waals surface area contributed by atoms with Crippen molar-refractivity contribution in [2.45, 2.75) is 13.1 Å². The summed E-state index contributed by atoms with van der Waals surface area (Å²) in [6, 6.07) is 7.25. The summed E-state index contributed by atoms with van der Waals surface area (Å²) in [6.45, 7) is 1.51. The average Bonchev–Trinajstić information content (AvgIpc) is 2.58. The molecule has 5 heteroatoms. The molecule has 1 atom stereocenters. The van der Waals surface area contributed by atoms with E-state index in [1.807, 2.05) is 12.1 Å². The van der Waals surface area contributed by atoms with Gasteiger partial charge in [-0.1, -0.05) is 28.1 Å². The minimum Gasteiger partial charge on any atom is -0.384 e. The average molecular weight is 298 g/mol. The number of nitrogens with zero attached hydrogens (tertiary/aromatic N) is 2. The van der Waals surface area contributed by atoms with Crippen molar-refractivity contribution >= 4 is 21.7 Å². The zero-order valence-corrected chi connectivity index (χ0v) is 11.2. The molecule has 90 valence electrons. The Morgan fingerprint density at radius 2 is 2.12 bits per heavy atom. The van der Waals surface area contributed by atoms with Crippen molar-refractivity contribution in [3.05, 3.63) is 34.3 Å². The van der Waals surface area contributed by atoms with E-state index in [0.717, 1.165) is 15.7 Å². The van der Waals surface area contributed by atoms with Crippen molar-refractivity contribution in [1.29, 1.82) is 0 Å². The number of nitrogen functional groups attached to an aromatic ring is 1. The van der Waals surface area contributed by atoms with Crippen LogP contribution in [-0.4, -0.2) is 9.78 Å². The third-order valence-electron chi connectivity index (χ3n) is 2.64. The summed E-state index contributed by atoms with van der Waals surface area (Å²) in [4.78, 5) is 0. The first-order chi connectivity index (χ1) is 7.99. The zero-order valence-electron chi connectivity index (χ0n) is 9.61. The highest BCUT2D eigenvalue weighted by molar-refractivity contribution is 9.10. The van der Waals surface area contributed by atoms with E-state index in [9.17, 15) is 4.39 Å². The second kappa shape index (κ2) is 4.49. The molecule has 1 aromatic heterocycles. The molecule has 1 aromatic carbocycles. The Morgan fingerprint density at radius 1 is 1.41 bits per heavy atom. The van der Waals surface area contributed by atoms with Crippen LogP contribution in [0.25, 0.3) is 11.3 Å². The summed E-state index contributed by atoms with van der Waals surface area (Å²) in [5, 5.41) is 4.27. The van der Waals surface area contributed by atoms with E-state index in [0.29, 0.717) is 11.4 Å². The Labute approximate surface area is 108 Å². The molecule has 17 heavy (non-hydrogen) atoms. The van der Waals surface area contributed by atoms with Gasteiger partial charge in [-0.3, -0.25) is 4.68 Å². The van der Waals surface area contributed by atoms with Gasteiger partial charge in [0.05, 0.1) is 5.69 Å². The molecule has 2 aromatic rings. The molecular formula is C12H13BrFN3. The Kier molecular flexibility index (Phi) is 3.19. The lowest BCUT2D eigenvalue weighted by molar-refractivity contribution is 0.373. The van der Waals surface area contributed by atoms with Gasteiger partial charge in [0.25, 0.3) is 0 Å². The van der Waals surface area contributed by atoms with Crippen molar-refractivity contribution in [2.24, 2.45) is 7.05 Å². The van der Waals surface area contributed by atoms with Crippen molar-refractivity contribution in [1.82, 2.24) is 9.78 Å². The third-order valence-corrected chi connectivity index (χ3v) is 3.33. The fourth-order valence-electron chi connectivity index (χ4n) is 1.63. The van der Waals surface area contributed by atoms with Gasteiger partial charge >= 0.3 is 0 Å². The quantitative estimate of drug-likeness (QED) is 0.922. The first-order valence-corrected chi connectivity index (χ1v) is 6.01. The van der Waals surface area contributed by atoms with E-state index < -0.39 is 6.17 Å². The van der Waals surface area contributed by atoms with Gasteiger partial charge in [-0.05, 0) is 18.6 Å². The van der Waals surface area contributed by atoms with Crippen molar-refractivity contribution in [2.75, 3.05) is 5.73 Å². The Hall–Kier alpha value is -1.36. The maximum absolute atomic E-state index is 13.2. The van der Waals surface area contributed by atoms with Crippen molar-refractivity contribution in [3.63, 3.8) is 0 Å². The molecule has 2 rings (SSSR count). The van der Waals surface area contributed by atoms with E-state index in [4.69, 9.17) is 5.73 Å². The van der Waals surface area contributed by atoms with Gasteiger partial charge in [-0.2, -0.15) is 5.10 Å². The molecular weight excluding hydrogens is 285 g/mol. The second-order valence-corrected chi connectivity index (χ2v) is 4.78. The van der Waals surface area contributed by atoms with Gasteiger partial charge in [0.2, 0.25) is 0 Å². The maximum Gasteiger partial charge on any atom is 0.123 e.